The number of likely N-dealkylation sites (N-methyl/N-ethyl adjacent to an activating group) is 1. The number of hydrogen-bond acceptors (Lipinski definition) is 5. The third-order valence-electron chi connectivity index (χ3n) is 3.43. The van der Waals surface area contributed by atoms with Gasteiger partial charge in [-0.1, -0.05) is 11.6 Å². The number of benzene rings is 1. The number of ether oxygens (including phenoxy) is 2. The number of nitrogens with zero attached hydrogens (tertiary/aromatic N) is 1. The van der Waals surface area contributed by atoms with E-state index in [-0.39, 0.29) is 34.7 Å². The SMILES string of the molecule is CCOC1C(NC)CC1Oc1c(Br)cc(Cl)cc1[N+](=O)[O-]. The average molecular weight is 380 g/mol. The minimum Gasteiger partial charge on any atom is -0.480 e. The van der Waals surface area contributed by atoms with Gasteiger partial charge in [-0.3, -0.25) is 10.1 Å². The molecule has 0 heterocycles. The Bertz CT molecular complexity index is 543. The third-order valence-corrected chi connectivity index (χ3v) is 4.24. The summed E-state index contributed by atoms with van der Waals surface area (Å²) in [5.41, 5.74) is -0.155. The molecule has 21 heavy (non-hydrogen) atoms. The van der Waals surface area contributed by atoms with Crippen molar-refractivity contribution in [2.75, 3.05) is 13.7 Å². The van der Waals surface area contributed by atoms with Gasteiger partial charge in [0.05, 0.1) is 9.40 Å². The van der Waals surface area contributed by atoms with E-state index in [1.165, 1.54) is 6.07 Å². The van der Waals surface area contributed by atoms with Gasteiger partial charge in [-0.05, 0) is 36.0 Å². The van der Waals surface area contributed by atoms with Gasteiger partial charge in [-0.25, -0.2) is 0 Å². The summed E-state index contributed by atoms with van der Waals surface area (Å²) < 4.78 is 11.9. The van der Waals surface area contributed by atoms with E-state index in [0.29, 0.717) is 11.1 Å². The Morgan fingerprint density at radius 2 is 2.29 bits per heavy atom. The van der Waals surface area contributed by atoms with Crippen LogP contribution in [0.4, 0.5) is 5.69 Å². The largest absolute Gasteiger partial charge is 0.480 e. The van der Waals surface area contributed by atoms with Crippen LogP contribution in [0, 0.1) is 10.1 Å². The Hall–Kier alpha value is -0.890. The fraction of sp³-hybridized carbons (Fsp3) is 0.538. The quantitative estimate of drug-likeness (QED) is 0.607. The molecule has 1 aromatic carbocycles. The van der Waals surface area contributed by atoms with Gasteiger partial charge in [-0.15, -0.1) is 0 Å². The van der Waals surface area contributed by atoms with Gasteiger partial charge in [0.15, 0.2) is 0 Å². The summed E-state index contributed by atoms with van der Waals surface area (Å²) >= 11 is 9.12. The van der Waals surface area contributed by atoms with Gasteiger partial charge in [0.1, 0.15) is 12.2 Å². The minimum atomic E-state index is -0.504. The molecule has 1 aliphatic carbocycles. The van der Waals surface area contributed by atoms with Crippen molar-refractivity contribution in [3.63, 3.8) is 0 Å². The summed E-state index contributed by atoms with van der Waals surface area (Å²) in [6.07, 6.45) is 0.383. The highest BCUT2D eigenvalue weighted by Crippen LogP contribution is 2.41. The first-order valence-corrected chi connectivity index (χ1v) is 7.74. The summed E-state index contributed by atoms with van der Waals surface area (Å²) in [7, 11) is 1.85. The molecule has 8 heteroatoms. The van der Waals surface area contributed by atoms with Crippen LogP contribution in [0.2, 0.25) is 5.02 Å². The van der Waals surface area contributed by atoms with E-state index >= 15 is 0 Å². The Balaban J connectivity index is 2.22. The first kappa shape index (κ1) is 16.5. The van der Waals surface area contributed by atoms with Crippen molar-refractivity contribution in [3.8, 4) is 5.75 Å². The second-order valence-electron chi connectivity index (χ2n) is 4.70. The molecule has 2 rings (SSSR count). The average Bonchev–Trinajstić information content (AvgIpc) is 2.41. The van der Waals surface area contributed by atoms with Gasteiger partial charge in [0.25, 0.3) is 0 Å². The number of rotatable bonds is 6. The Morgan fingerprint density at radius 3 is 2.86 bits per heavy atom. The minimum absolute atomic E-state index is 0.123. The first-order chi connectivity index (χ1) is 9.97. The standard InChI is InChI=1S/C13H16BrClN2O4/c1-3-20-13-9(16-2)6-11(13)21-12-8(14)4-7(15)5-10(12)17(18)19/h4-5,9,11,13,16H,3,6H2,1-2H3. The van der Waals surface area contributed by atoms with Crippen LogP contribution in [0.5, 0.6) is 5.75 Å². The highest BCUT2D eigenvalue weighted by molar-refractivity contribution is 9.10. The molecule has 3 atom stereocenters. The van der Waals surface area contributed by atoms with Gasteiger partial charge in [0, 0.05) is 30.2 Å². The van der Waals surface area contributed by atoms with E-state index in [4.69, 9.17) is 21.1 Å². The predicted molar refractivity (Wildman–Crippen MR) is 83.1 cm³/mol. The zero-order valence-electron chi connectivity index (χ0n) is 11.6. The van der Waals surface area contributed by atoms with Gasteiger partial charge in [0.2, 0.25) is 5.75 Å². The molecule has 116 valence electrons. The molecule has 6 nitrogen and oxygen atoms in total. The molecule has 1 aliphatic rings. The molecule has 3 unspecified atom stereocenters. The zero-order chi connectivity index (χ0) is 15.6. The van der Waals surface area contributed by atoms with Crippen molar-refractivity contribution in [1.29, 1.82) is 0 Å². The monoisotopic (exact) mass is 378 g/mol. The van der Waals surface area contributed by atoms with E-state index in [1.54, 1.807) is 6.07 Å². The molecule has 0 radical (unpaired) electrons. The maximum absolute atomic E-state index is 11.1. The van der Waals surface area contributed by atoms with Crippen LogP contribution in [0.25, 0.3) is 0 Å². The van der Waals surface area contributed by atoms with Crippen molar-refractivity contribution in [2.24, 2.45) is 0 Å². The number of nitro groups is 1. The van der Waals surface area contributed by atoms with E-state index in [2.05, 4.69) is 21.2 Å². The van der Waals surface area contributed by atoms with Crippen molar-refractivity contribution in [2.45, 2.75) is 31.6 Å². The molecule has 1 aromatic rings. The van der Waals surface area contributed by atoms with Crippen molar-refractivity contribution >= 4 is 33.2 Å². The van der Waals surface area contributed by atoms with Crippen molar-refractivity contribution in [3.05, 3.63) is 31.7 Å². The molecular formula is C13H16BrClN2O4. The molecule has 0 bridgehead atoms. The Labute approximate surface area is 136 Å². The lowest BCUT2D eigenvalue weighted by molar-refractivity contribution is -0.386. The predicted octanol–water partition coefficient (Wildman–Crippen LogP) is 3.15. The maximum atomic E-state index is 11.1. The van der Waals surface area contributed by atoms with Crippen LogP contribution >= 0.6 is 27.5 Å². The number of nitrogens with one attached hydrogen (secondary N) is 1. The smallest absolute Gasteiger partial charge is 0.313 e. The van der Waals surface area contributed by atoms with Crippen molar-refractivity contribution < 1.29 is 14.4 Å². The fourth-order valence-electron chi connectivity index (χ4n) is 2.35. The Kier molecular flexibility index (Phi) is 5.43. The zero-order valence-corrected chi connectivity index (χ0v) is 14.0. The molecule has 1 N–H and O–H groups in total. The van der Waals surface area contributed by atoms with E-state index in [1.807, 2.05) is 14.0 Å². The molecule has 0 amide bonds. The van der Waals surface area contributed by atoms with Crippen LogP contribution in [0.1, 0.15) is 13.3 Å². The molecule has 1 saturated carbocycles. The van der Waals surface area contributed by atoms with Gasteiger partial charge < -0.3 is 14.8 Å². The van der Waals surface area contributed by atoms with Crippen LogP contribution in [-0.2, 0) is 4.74 Å². The van der Waals surface area contributed by atoms with Crippen LogP contribution < -0.4 is 10.1 Å². The molecule has 0 spiro atoms. The third kappa shape index (κ3) is 3.48. The number of nitro benzene ring substituents is 1. The van der Waals surface area contributed by atoms with Crippen molar-refractivity contribution in [1.82, 2.24) is 5.32 Å². The van der Waals surface area contributed by atoms with E-state index < -0.39 is 4.92 Å². The van der Waals surface area contributed by atoms with E-state index in [9.17, 15) is 10.1 Å². The lowest BCUT2D eigenvalue weighted by atomic mass is 9.85. The summed E-state index contributed by atoms with van der Waals surface area (Å²) in [5, 5.41) is 14.6. The van der Waals surface area contributed by atoms with Gasteiger partial charge in [-0.2, -0.15) is 0 Å². The number of halogens is 2. The Morgan fingerprint density at radius 1 is 1.57 bits per heavy atom. The lowest BCUT2D eigenvalue weighted by Crippen LogP contribution is -2.60. The summed E-state index contributed by atoms with van der Waals surface area (Å²) in [6, 6.07) is 3.05. The van der Waals surface area contributed by atoms with Crippen LogP contribution in [-0.4, -0.2) is 36.8 Å². The topological polar surface area (TPSA) is 73.6 Å². The molecule has 0 aliphatic heterocycles. The lowest BCUT2D eigenvalue weighted by Gasteiger charge is -2.43. The van der Waals surface area contributed by atoms with E-state index in [0.717, 1.165) is 6.42 Å². The highest BCUT2D eigenvalue weighted by Gasteiger charge is 2.44. The second-order valence-corrected chi connectivity index (χ2v) is 5.99. The first-order valence-electron chi connectivity index (χ1n) is 6.56. The van der Waals surface area contributed by atoms with Crippen LogP contribution in [0.3, 0.4) is 0 Å². The fourth-order valence-corrected chi connectivity index (χ4v) is 3.23. The molecular weight excluding hydrogens is 364 g/mol. The summed E-state index contributed by atoms with van der Waals surface area (Å²) in [5.74, 6) is 0.189. The molecule has 0 saturated heterocycles. The van der Waals surface area contributed by atoms with Crippen LogP contribution in [0.15, 0.2) is 16.6 Å². The van der Waals surface area contributed by atoms with Gasteiger partial charge >= 0.3 is 5.69 Å². The molecule has 0 aromatic heterocycles. The summed E-state index contributed by atoms with van der Waals surface area (Å²) in [4.78, 5) is 10.6. The second kappa shape index (κ2) is 6.91. The molecule has 1 fully saturated rings. The normalized spacial score (nSPS) is 24.5. The maximum Gasteiger partial charge on any atom is 0.313 e. The highest BCUT2D eigenvalue weighted by atomic mass is 79.9. The number of hydrogen-bond donors (Lipinski definition) is 1. The summed E-state index contributed by atoms with van der Waals surface area (Å²) in [6.45, 7) is 2.47.